The van der Waals surface area contributed by atoms with Gasteiger partial charge in [0.15, 0.2) is 0 Å². The fraction of sp³-hybridized carbons (Fsp3) is 0.438. The molecule has 1 aromatic heterocycles. The van der Waals surface area contributed by atoms with Crippen LogP contribution in [-0.4, -0.2) is 22.0 Å². The lowest BCUT2D eigenvalue weighted by Crippen LogP contribution is -2.18. The van der Waals surface area contributed by atoms with E-state index in [1.165, 1.54) is 5.56 Å². The molecule has 0 radical (unpaired) electrons. The first kappa shape index (κ1) is 15.4. The Morgan fingerprint density at radius 3 is 2.86 bits per heavy atom. The molecule has 0 spiro atoms. The van der Waals surface area contributed by atoms with E-state index in [0.717, 1.165) is 30.0 Å². The van der Waals surface area contributed by atoms with E-state index in [9.17, 15) is 5.11 Å². The quantitative estimate of drug-likeness (QED) is 0.858. The molecule has 1 aromatic carbocycles. The van der Waals surface area contributed by atoms with Crippen LogP contribution in [0.5, 0.6) is 11.5 Å². The summed E-state index contributed by atoms with van der Waals surface area (Å²) in [5.74, 6) is 1.02. The lowest BCUT2D eigenvalue weighted by atomic mass is 10.1. The molecule has 0 amide bonds. The second-order valence-electron chi connectivity index (χ2n) is 5.16. The number of benzene rings is 1. The summed E-state index contributed by atoms with van der Waals surface area (Å²) in [6.07, 6.45) is 2.95. The van der Waals surface area contributed by atoms with Gasteiger partial charge in [-0.25, -0.2) is 0 Å². The highest BCUT2D eigenvalue weighted by atomic mass is 16.5. The molecule has 0 bridgehead atoms. The Morgan fingerprint density at radius 1 is 1.43 bits per heavy atom. The fourth-order valence-electron chi connectivity index (χ4n) is 2.41. The molecule has 0 aliphatic rings. The molecule has 1 atom stereocenters. The Morgan fingerprint density at radius 2 is 2.19 bits per heavy atom. The van der Waals surface area contributed by atoms with Gasteiger partial charge in [-0.2, -0.15) is 5.10 Å². The average molecular weight is 289 g/mol. The van der Waals surface area contributed by atoms with Crippen molar-refractivity contribution in [3.8, 4) is 11.5 Å². The van der Waals surface area contributed by atoms with Crippen molar-refractivity contribution in [3.05, 3.63) is 41.2 Å². The Bertz CT molecular complexity index is 608. The topological polar surface area (TPSA) is 59.3 Å². The number of aromatic hydroxyl groups is 1. The van der Waals surface area contributed by atoms with E-state index >= 15 is 0 Å². The first-order valence-electron chi connectivity index (χ1n) is 7.16. The maximum absolute atomic E-state index is 9.99. The van der Waals surface area contributed by atoms with Gasteiger partial charge in [-0.05, 0) is 31.5 Å². The molecule has 2 rings (SSSR count). The number of phenolic OH excluding ortho intramolecular Hbond substituents is 1. The maximum Gasteiger partial charge on any atom is 0.120 e. The normalized spacial score (nSPS) is 12.4. The highest BCUT2D eigenvalue weighted by molar-refractivity contribution is 5.41. The molecular weight excluding hydrogens is 266 g/mol. The summed E-state index contributed by atoms with van der Waals surface area (Å²) in [6, 6.07) is 5.29. The molecule has 0 saturated carbocycles. The fourth-order valence-corrected chi connectivity index (χ4v) is 2.41. The van der Waals surface area contributed by atoms with Crippen LogP contribution in [0.3, 0.4) is 0 Å². The summed E-state index contributed by atoms with van der Waals surface area (Å²) in [7, 11) is 3.55. The molecule has 5 heteroatoms. The van der Waals surface area contributed by atoms with Crippen molar-refractivity contribution in [1.29, 1.82) is 0 Å². The van der Waals surface area contributed by atoms with Crippen molar-refractivity contribution in [2.45, 2.75) is 32.9 Å². The van der Waals surface area contributed by atoms with Gasteiger partial charge >= 0.3 is 0 Å². The van der Waals surface area contributed by atoms with Gasteiger partial charge in [0.1, 0.15) is 11.5 Å². The number of aryl methyl sites for hydroxylation is 2. The van der Waals surface area contributed by atoms with Crippen LogP contribution in [0.4, 0.5) is 0 Å². The second kappa shape index (κ2) is 6.63. The van der Waals surface area contributed by atoms with Crippen molar-refractivity contribution in [2.24, 2.45) is 7.05 Å². The zero-order valence-corrected chi connectivity index (χ0v) is 13.1. The molecule has 2 N–H and O–H groups in total. The molecule has 21 heavy (non-hydrogen) atoms. The van der Waals surface area contributed by atoms with Crippen LogP contribution in [0, 0.1) is 0 Å². The minimum atomic E-state index is 0.0185. The lowest BCUT2D eigenvalue weighted by Gasteiger charge is -2.16. The van der Waals surface area contributed by atoms with Crippen LogP contribution in [0.25, 0.3) is 0 Å². The van der Waals surface area contributed by atoms with Gasteiger partial charge in [0, 0.05) is 37.0 Å². The molecule has 5 nitrogen and oxygen atoms in total. The molecule has 1 unspecified atom stereocenters. The third-order valence-electron chi connectivity index (χ3n) is 3.63. The highest BCUT2D eigenvalue weighted by Gasteiger charge is 2.13. The van der Waals surface area contributed by atoms with E-state index in [-0.39, 0.29) is 11.8 Å². The molecule has 114 valence electrons. The average Bonchev–Trinajstić information content (AvgIpc) is 2.85. The SMILES string of the molecule is CCc1nn(C)cc1CNC(C)c1cc(OC)ccc1O. The zero-order chi connectivity index (χ0) is 15.4. The third kappa shape index (κ3) is 3.55. The molecule has 0 saturated heterocycles. The smallest absolute Gasteiger partial charge is 0.120 e. The number of aromatic nitrogens is 2. The molecular formula is C16H23N3O2. The molecule has 0 aliphatic carbocycles. The Hall–Kier alpha value is -2.01. The minimum absolute atomic E-state index is 0.0185. The van der Waals surface area contributed by atoms with Gasteiger partial charge in [-0.15, -0.1) is 0 Å². The van der Waals surface area contributed by atoms with E-state index in [4.69, 9.17) is 4.74 Å². The van der Waals surface area contributed by atoms with Gasteiger partial charge in [0.2, 0.25) is 0 Å². The van der Waals surface area contributed by atoms with Gasteiger partial charge < -0.3 is 15.2 Å². The van der Waals surface area contributed by atoms with Crippen LogP contribution in [0.2, 0.25) is 0 Å². The van der Waals surface area contributed by atoms with Gasteiger partial charge in [0.25, 0.3) is 0 Å². The number of phenols is 1. The lowest BCUT2D eigenvalue weighted by molar-refractivity contribution is 0.407. The number of nitrogens with one attached hydrogen (secondary N) is 1. The summed E-state index contributed by atoms with van der Waals surface area (Å²) in [6.45, 7) is 4.84. The van der Waals surface area contributed by atoms with Crippen molar-refractivity contribution in [1.82, 2.24) is 15.1 Å². The maximum atomic E-state index is 9.99. The first-order chi connectivity index (χ1) is 10.0. The van der Waals surface area contributed by atoms with Gasteiger partial charge in [-0.1, -0.05) is 6.92 Å². The summed E-state index contributed by atoms with van der Waals surface area (Å²) in [5.41, 5.74) is 3.12. The van der Waals surface area contributed by atoms with Crippen LogP contribution >= 0.6 is 0 Å². The van der Waals surface area contributed by atoms with Crippen LogP contribution in [-0.2, 0) is 20.0 Å². The minimum Gasteiger partial charge on any atom is -0.508 e. The molecule has 1 heterocycles. The van der Waals surface area contributed by atoms with Gasteiger partial charge in [0.05, 0.1) is 12.8 Å². The van der Waals surface area contributed by atoms with Crippen molar-refractivity contribution < 1.29 is 9.84 Å². The predicted molar refractivity (Wildman–Crippen MR) is 82.5 cm³/mol. The number of hydrogen-bond donors (Lipinski definition) is 2. The first-order valence-corrected chi connectivity index (χ1v) is 7.16. The van der Waals surface area contributed by atoms with Crippen molar-refractivity contribution in [2.75, 3.05) is 7.11 Å². The van der Waals surface area contributed by atoms with Crippen LogP contribution in [0.1, 0.15) is 36.7 Å². The van der Waals surface area contributed by atoms with Crippen molar-refractivity contribution in [3.63, 3.8) is 0 Å². The zero-order valence-electron chi connectivity index (χ0n) is 13.1. The predicted octanol–water partition coefficient (Wildman–Crippen LogP) is 2.55. The van der Waals surface area contributed by atoms with E-state index < -0.39 is 0 Å². The van der Waals surface area contributed by atoms with Gasteiger partial charge in [-0.3, -0.25) is 4.68 Å². The molecule has 2 aromatic rings. The number of methoxy groups -OCH3 is 1. The van der Waals surface area contributed by atoms with E-state index in [1.54, 1.807) is 19.2 Å². The largest absolute Gasteiger partial charge is 0.508 e. The third-order valence-corrected chi connectivity index (χ3v) is 3.63. The van der Waals surface area contributed by atoms with Crippen LogP contribution < -0.4 is 10.1 Å². The molecule has 0 aliphatic heterocycles. The monoisotopic (exact) mass is 289 g/mol. The highest BCUT2D eigenvalue weighted by Crippen LogP contribution is 2.28. The van der Waals surface area contributed by atoms with E-state index in [1.807, 2.05) is 30.9 Å². The summed E-state index contributed by atoms with van der Waals surface area (Å²) < 4.78 is 7.05. The molecule has 0 fully saturated rings. The standard InChI is InChI=1S/C16H23N3O2/c1-5-15-12(10-19(3)18-15)9-17-11(2)14-8-13(21-4)6-7-16(14)20/h6-8,10-11,17,20H,5,9H2,1-4H3. The van der Waals surface area contributed by atoms with E-state index in [0.29, 0.717) is 0 Å². The number of rotatable bonds is 6. The number of ether oxygens (including phenoxy) is 1. The van der Waals surface area contributed by atoms with Crippen LogP contribution in [0.15, 0.2) is 24.4 Å². The summed E-state index contributed by atoms with van der Waals surface area (Å²) in [5, 5.41) is 17.8. The Kier molecular flexibility index (Phi) is 4.85. The Labute approximate surface area is 125 Å². The number of nitrogens with zero attached hydrogens (tertiary/aromatic N) is 2. The summed E-state index contributed by atoms with van der Waals surface area (Å²) >= 11 is 0. The Balaban J connectivity index is 2.09. The number of hydrogen-bond acceptors (Lipinski definition) is 4. The summed E-state index contributed by atoms with van der Waals surface area (Å²) in [4.78, 5) is 0. The van der Waals surface area contributed by atoms with E-state index in [2.05, 4.69) is 17.3 Å². The van der Waals surface area contributed by atoms with Crippen molar-refractivity contribution >= 4 is 0 Å². The second-order valence-corrected chi connectivity index (χ2v) is 5.16.